The molecular weight excluding hydrogens is 332 g/mol. The Hall–Kier alpha value is -0.500. The quantitative estimate of drug-likeness (QED) is 0.432. The van der Waals surface area contributed by atoms with Gasteiger partial charge >= 0.3 is 0 Å². The highest BCUT2D eigenvalue weighted by molar-refractivity contribution is 7.85. The van der Waals surface area contributed by atoms with Gasteiger partial charge in [0.2, 0.25) is 0 Å². The number of aliphatic hydroxyl groups is 1. The number of benzene rings is 1. The lowest BCUT2D eigenvalue weighted by Crippen LogP contribution is -2.11. The van der Waals surface area contributed by atoms with E-state index in [4.69, 9.17) is 0 Å². The van der Waals surface area contributed by atoms with Crippen LogP contribution in [0.15, 0.2) is 31.4 Å². The number of hydrogen-bond donors (Lipinski definition) is 5. The van der Waals surface area contributed by atoms with Crippen molar-refractivity contribution < 1.29 is 14.7 Å². The van der Waals surface area contributed by atoms with Gasteiger partial charge in [0.1, 0.15) is 12.0 Å². The fourth-order valence-electron chi connectivity index (χ4n) is 2.23. The number of ketones is 1. The fraction of sp³-hybridized carbons (Fsp3) is 0.231. The number of hydrogen-bond acceptors (Lipinski definition) is 7. The summed E-state index contributed by atoms with van der Waals surface area (Å²) in [6.45, 7) is 0. The summed E-state index contributed by atoms with van der Waals surface area (Å²) in [4.78, 5) is 24.9. The van der Waals surface area contributed by atoms with E-state index in [1.807, 2.05) is 0 Å². The minimum Gasteiger partial charge on any atom is -0.512 e. The van der Waals surface area contributed by atoms with Gasteiger partial charge in [-0.05, 0) is 6.07 Å². The predicted octanol–water partition coefficient (Wildman–Crippen LogP) is 3.29. The molecule has 0 fully saturated rings. The van der Waals surface area contributed by atoms with Gasteiger partial charge in [0.05, 0.1) is 5.57 Å². The molecule has 0 saturated carbocycles. The van der Waals surface area contributed by atoms with Crippen molar-refractivity contribution in [3.63, 3.8) is 0 Å². The van der Waals surface area contributed by atoms with Crippen molar-refractivity contribution in [1.29, 1.82) is 0 Å². The lowest BCUT2D eigenvalue weighted by molar-refractivity contribution is -0.119. The second-order valence-electron chi connectivity index (χ2n) is 4.48. The minimum absolute atomic E-state index is 0.0351. The van der Waals surface area contributed by atoms with E-state index in [9.17, 15) is 14.7 Å². The minimum atomic E-state index is -0.512. The molecule has 1 aromatic rings. The Kier molecular flexibility index (Phi) is 4.84. The summed E-state index contributed by atoms with van der Waals surface area (Å²) < 4.78 is 0. The van der Waals surface area contributed by atoms with Gasteiger partial charge in [0, 0.05) is 43.9 Å². The number of carbonyl (C=O) groups is 2. The fourth-order valence-corrected chi connectivity index (χ4v) is 3.63. The zero-order valence-corrected chi connectivity index (χ0v) is 13.8. The van der Waals surface area contributed by atoms with Crippen LogP contribution in [-0.2, 0) is 9.59 Å². The van der Waals surface area contributed by atoms with Gasteiger partial charge in [-0.15, -0.1) is 50.5 Å². The van der Waals surface area contributed by atoms with Gasteiger partial charge in [0.15, 0.2) is 5.78 Å². The molecule has 3 nitrogen and oxygen atoms in total. The normalized spacial score (nSPS) is 18.8. The number of aldehydes is 1. The van der Waals surface area contributed by atoms with E-state index in [0.717, 1.165) is 0 Å². The molecule has 1 aromatic carbocycles. The first kappa shape index (κ1) is 15.9. The van der Waals surface area contributed by atoms with Crippen LogP contribution in [0.5, 0.6) is 0 Å². The molecule has 1 N–H and O–H groups in total. The zero-order chi connectivity index (χ0) is 15.0. The SMILES string of the molecule is O=CCC1CC(O)=C(c2c(S)cc(S)c(S)c2S)C1=O. The summed E-state index contributed by atoms with van der Waals surface area (Å²) in [6, 6.07) is 1.64. The molecule has 1 aliphatic carbocycles. The maximum atomic E-state index is 12.3. The summed E-state index contributed by atoms with van der Waals surface area (Å²) in [5.74, 6) is -0.811. The van der Waals surface area contributed by atoms with Gasteiger partial charge in [-0.25, -0.2) is 0 Å². The Bertz CT molecular complexity index is 637. The van der Waals surface area contributed by atoms with Gasteiger partial charge in [-0.3, -0.25) is 4.79 Å². The summed E-state index contributed by atoms with van der Waals surface area (Å²) in [5, 5.41) is 10.0. The van der Waals surface area contributed by atoms with E-state index >= 15 is 0 Å². The summed E-state index contributed by atoms with van der Waals surface area (Å²) in [7, 11) is 0. The molecule has 1 unspecified atom stereocenters. The first-order chi connectivity index (χ1) is 9.38. The van der Waals surface area contributed by atoms with Crippen molar-refractivity contribution >= 4 is 68.2 Å². The molecule has 1 aliphatic rings. The molecule has 0 heterocycles. The molecule has 0 aromatic heterocycles. The molecule has 0 radical (unpaired) electrons. The van der Waals surface area contributed by atoms with Crippen LogP contribution in [0.1, 0.15) is 18.4 Å². The van der Waals surface area contributed by atoms with Crippen LogP contribution in [-0.4, -0.2) is 17.2 Å². The highest BCUT2D eigenvalue weighted by Gasteiger charge is 2.35. The number of thiol groups is 4. The van der Waals surface area contributed by atoms with Crippen molar-refractivity contribution in [1.82, 2.24) is 0 Å². The molecule has 0 amide bonds. The lowest BCUT2D eigenvalue weighted by Gasteiger charge is -2.14. The largest absolute Gasteiger partial charge is 0.512 e. The first-order valence-corrected chi connectivity index (χ1v) is 7.54. The summed E-state index contributed by atoms with van der Waals surface area (Å²) >= 11 is 17.2. The van der Waals surface area contributed by atoms with Crippen molar-refractivity contribution in [3.05, 3.63) is 17.4 Å². The van der Waals surface area contributed by atoms with Gasteiger partial charge in [-0.1, -0.05) is 0 Å². The van der Waals surface area contributed by atoms with E-state index in [2.05, 4.69) is 50.5 Å². The molecule has 7 heteroatoms. The smallest absolute Gasteiger partial charge is 0.170 e. The molecule has 1 atom stereocenters. The van der Waals surface area contributed by atoms with Crippen LogP contribution in [0.25, 0.3) is 5.57 Å². The van der Waals surface area contributed by atoms with Crippen LogP contribution in [0.2, 0.25) is 0 Å². The van der Waals surface area contributed by atoms with Crippen molar-refractivity contribution in [2.75, 3.05) is 0 Å². The predicted molar refractivity (Wildman–Crippen MR) is 88.8 cm³/mol. The third kappa shape index (κ3) is 2.64. The molecule has 0 spiro atoms. The maximum absolute atomic E-state index is 12.3. The third-order valence-electron chi connectivity index (χ3n) is 3.21. The Morgan fingerprint density at radius 3 is 2.45 bits per heavy atom. The second kappa shape index (κ2) is 6.09. The maximum Gasteiger partial charge on any atom is 0.170 e. The molecule has 0 aliphatic heterocycles. The van der Waals surface area contributed by atoms with Crippen molar-refractivity contribution in [3.8, 4) is 0 Å². The number of Topliss-reactive ketones (excluding diaryl/α,β-unsaturated/α-hetero) is 1. The third-order valence-corrected chi connectivity index (χ3v) is 5.18. The Morgan fingerprint density at radius 1 is 1.20 bits per heavy atom. The molecule has 0 bridgehead atoms. The average Bonchev–Trinajstić information content (AvgIpc) is 2.64. The monoisotopic (exact) mass is 344 g/mol. The summed E-state index contributed by atoms with van der Waals surface area (Å²) in [5.41, 5.74) is 0.617. The Morgan fingerprint density at radius 2 is 1.85 bits per heavy atom. The molecule has 2 rings (SSSR count). The van der Waals surface area contributed by atoms with Crippen LogP contribution < -0.4 is 0 Å². The van der Waals surface area contributed by atoms with Crippen LogP contribution in [0.4, 0.5) is 0 Å². The standard InChI is InChI=1S/C13H12O3S4/c14-2-1-5-3-6(15)9(11(5)16)10-7(17)4-8(18)12(19)13(10)20/h2,4-5,15,17-20H,1,3H2. The average molecular weight is 345 g/mol. The molecule has 20 heavy (non-hydrogen) atoms. The Balaban J connectivity index is 2.58. The topological polar surface area (TPSA) is 54.4 Å². The summed E-state index contributed by atoms with van der Waals surface area (Å²) in [6.07, 6.45) is 0.940. The van der Waals surface area contributed by atoms with Gasteiger partial charge in [0.25, 0.3) is 0 Å². The van der Waals surface area contributed by atoms with Gasteiger partial charge < -0.3 is 9.90 Å². The van der Waals surface area contributed by atoms with Crippen LogP contribution >= 0.6 is 50.5 Å². The van der Waals surface area contributed by atoms with E-state index in [1.165, 1.54) is 0 Å². The van der Waals surface area contributed by atoms with E-state index in [-0.39, 0.29) is 30.0 Å². The van der Waals surface area contributed by atoms with E-state index in [0.29, 0.717) is 31.4 Å². The molecule has 0 saturated heterocycles. The van der Waals surface area contributed by atoms with Crippen molar-refractivity contribution in [2.45, 2.75) is 32.4 Å². The van der Waals surface area contributed by atoms with Gasteiger partial charge in [-0.2, -0.15) is 0 Å². The number of aliphatic hydroxyl groups excluding tert-OH is 1. The number of allylic oxidation sites excluding steroid dienone is 2. The highest BCUT2D eigenvalue weighted by atomic mass is 32.1. The first-order valence-electron chi connectivity index (χ1n) is 5.75. The van der Waals surface area contributed by atoms with Crippen LogP contribution in [0.3, 0.4) is 0 Å². The number of carbonyl (C=O) groups excluding carboxylic acids is 2. The number of rotatable bonds is 3. The Labute approximate surface area is 138 Å². The molecule has 106 valence electrons. The second-order valence-corrected chi connectivity index (χ2v) is 6.33. The van der Waals surface area contributed by atoms with Crippen molar-refractivity contribution in [2.24, 2.45) is 5.92 Å². The molecular formula is C13H12O3S4. The van der Waals surface area contributed by atoms with E-state index in [1.54, 1.807) is 6.07 Å². The van der Waals surface area contributed by atoms with E-state index < -0.39 is 5.92 Å². The highest BCUT2D eigenvalue weighted by Crippen LogP contribution is 2.43. The van der Waals surface area contributed by atoms with Crippen LogP contribution in [0, 0.1) is 5.92 Å². The lowest BCUT2D eigenvalue weighted by atomic mass is 9.97. The zero-order valence-electron chi connectivity index (χ0n) is 10.2.